The summed E-state index contributed by atoms with van der Waals surface area (Å²) in [7, 11) is 0. The number of nitrogens with zero attached hydrogens (tertiary/aromatic N) is 3. The van der Waals surface area contributed by atoms with Crippen LogP contribution in [0.4, 0.5) is 0 Å². The van der Waals surface area contributed by atoms with Gasteiger partial charge in [0.25, 0.3) is 0 Å². The van der Waals surface area contributed by atoms with Gasteiger partial charge in [0.1, 0.15) is 0 Å². The van der Waals surface area contributed by atoms with Gasteiger partial charge in [-0.05, 0) is 52.6 Å². The summed E-state index contributed by atoms with van der Waals surface area (Å²) >= 11 is 0. The van der Waals surface area contributed by atoms with Crippen LogP contribution >= 0.6 is 0 Å². The highest BCUT2D eigenvalue weighted by Crippen LogP contribution is 2.22. The summed E-state index contributed by atoms with van der Waals surface area (Å²) in [5.74, 6) is 0.669. The zero-order valence-corrected chi connectivity index (χ0v) is 14.7. The Balaban J connectivity index is 1.76. The standard InChI is InChI=1S/C18H31N3O2/c1-4-20(13-15(2)3)17(22)14-19-11-7-16(8-12-19)18(23)21-9-5-6-10-21/h16H,2,4-14H2,1,3H3. The van der Waals surface area contributed by atoms with Gasteiger partial charge in [-0.3, -0.25) is 14.5 Å². The fourth-order valence-electron chi connectivity index (χ4n) is 3.53. The monoisotopic (exact) mass is 321 g/mol. The van der Waals surface area contributed by atoms with Gasteiger partial charge in [-0.1, -0.05) is 12.2 Å². The Bertz CT molecular complexity index is 436. The minimum atomic E-state index is 0.164. The topological polar surface area (TPSA) is 43.9 Å². The van der Waals surface area contributed by atoms with Crippen LogP contribution in [0.25, 0.3) is 0 Å². The molecule has 0 N–H and O–H groups in total. The lowest BCUT2D eigenvalue weighted by Crippen LogP contribution is -2.46. The summed E-state index contributed by atoms with van der Waals surface area (Å²) in [6.45, 7) is 13.2. The number of amides is 2. The third-order valence-corrected chi connectivity index (χ3v) is 4.91. The smallest absolute Gasteiger partial charge is 0.237 e. The Hall–Kier alpha value is -1.36. The zero-order chi connectivity index (χ0) is 16.8. The van der Waals surface area contributed by atoms with Crippen LogP contribution in [0.3, 0.4) is 0 Å². The SMILES string of the molecule is C=C(C)CN(CC)C(=O)CN1CCC(C(=O)N2CCCC2)CC1. The van der Waals surface area contributed by atoms with Crippen molar-refractivity contribution in [1.82, 2.24) is 14.7 Å². The number of piperidine rings is 1. The molecule has 0 bridgehead atoms. The van der Waals surface area contributed by atoms with Crippen molar-refractivity contribution in [2.75, 3.05) is 45.8 Å². The summed E-state index contributed by atoms with van der Waals surface area (Å²) in [6.07, 6.45) is 4.06. The van der Waals surface area contributed by atoms with Gasteiger partial charge < -0.3 is 9.80 Å². The summed E-state index contributed by atoms with van der Waals surface area (Å²) < 4.78 is 0. The second kappa shape index (κ2) is 8.48. The molecule has 2 fully saturated rings. The second-order valence-corrected chi connectivity index (χ2v) is 6.95. The normalized spacial score (nSPS) is 19.8. The summed E-state index contributed by atoms with van der Waals surface area (Å²) in [4.78, 5) is 30.9. The molecule has 5 nitrogen and oxygen atoms in total. The molecule has 0 aliphatic carbocycles. The van der Waals surface area contributed by atoms with Crippen molar-refractivity contribution in [3.8, 4) is 0 Å². The molecule has 0 aromatic rings. The maximum absolute atomic E-state index is 12.4. The molecular formula is C18H31N3O2. The summed E-state index contributed by atoms with van der Waals surface area (Å²) in [6, 6.07) is 0. The van der Waals surface area contributed by atoms with Crippen LogP contribution < -0.4 is 0 Å². The van der Waals surface area contributed by atoms with Crippen molar-refractivity contribution >= 4 is 11.8 Å². The van der Waals surface area contributed by atoms with Gasteiger partial charge in [0.15, 0.2) is 0 Å². The zero-order valence-electron chi connectivity index (χ0n) is 14.7. The van der Waals surface area contributed by atoms with E-state index in [0.29, 0.717) is 19.0 Å². The molecule has 0 saturated carbocycles. The molecule has 23 heavy (non-hydrogen) atoms. The van der Waals surface area contributed by atoms with Crippen molar-refractivity contribution in [2.24, 2.45) is 5.92 Å². The maximum atomic E-state index is 12.4. The van der Waals surface area contributed by atoms with Gasteiger partial charge in [-0.25, -0.2) is 0 Å². The molecule has 0 radical (unpaired) electrons. The number of likely N-dealkylation sites (N-methyl/N-ethyl adjacent to an activating group) is 1. The maximum Gasteiger partial charge on any atom is 0.237 e. The number of hydrogen-bond donors (Lipinski definition) is 0. The first-order valence-electron chi connectivity index (χ1n) is 8.94. The van der Waals surface area contributed by atoms with E-state index in [1.165, 1.54) is 0 Å². The summed E-state index contributed by atoms with van der Waals surface area (Å²) in [5, 5.41) is 0. The highest BCUT2D eigenvalue weighted by atomic mass is 16.2. The number of hydrogen-bond acceptors (Lipinski definition) is 3. The molecule has 2 rings (SSSR count). The first-order chi connectivity index (χ1) is 11.0. The molecule has 2 amide bonds. The highest BCUT2D eigenvalue weighted by Gasteiger charge is 2.30. The average molecular weight is 321 g/mol. The van der Waals surface area contributed by atoms with Gasteiger partial charge in [0.05, 0.1) is 6.54 Å². The van der Waals surface area contributed by atoms with Crippen molar-refractivity contribution in [1.29, 1.82) is 0 Å². The molecule has 2 aliphatic rings. The molecule has 0 atom stereocenters. The van der Waals surface area contributed by atoms with Crippen molar-refractivity contribution in [3.63, 3.8) is 0 Å². The van der Waals surface area contributed by atoms with Gasteiger partial charge >= 0.3 is 0 Å². The molecule has 5 heteroatoms. The van der Waals surface area contributed by atoms with Crippen molar-refractivity contribution < 1.29 is 9.59 Å². The van der Waals surface area contributed by atoms with E-state index >= 15 is 0 Å². The van der Waals surface area contributed by atoms with E-state index in [4.69, 9.17) is 0 Å². The predicted octanol–water partition coefficient (Wildman–Crippen LogP) is 1.75. The molecule has 130 valence electrons. The molecule has 0 spiro atoms. The molecule has 0 aromatic heterocycles. The van der Waals surface area contributed by atoms with Crippen molar-refractivity contribution in [2.45, 2.75) is 39.5 Å². The van der Waals surface area contributed by atoms with E-state index in [9.17, 15) is 9.59 Å². The van der Waals surface area contributed by atoms with Crippen LogP contribution in [0, 0.1) is 5.92 Å². The fraction of sp³-hybridized carbons (Fsp3) is 0.778. The first kappa shape index (κ1) is 18.0. The Kier molecular flexibility index (Phi) is 6.63. The third kappa shape index (κ3) is 5.06. The highest BCUT2D eigenvalue weighted by molar-refractivity contribution is 5.80. The number of rotatable bonds is 6. The minimum absolute atomic E-state index is 0.164. The molecule has 0 aromatic carbocycles. The molecule has 2 heterocycles. The third-order valence-electron chi connectivity index (χ3n) is 4.91. The Labute approximate surface area is 140 Å². The van der Waals surface area contributed by atoms with Crippen LogP contribution in [0.1, 0.15) is 39.5 Å². The van der Waals surface area contributed by atoms with E-state index in [-0.39, 0.29) is 11.8 Å². The second-order valence-electron chi connectivity index (χ2n) is 6.95. The average Bonchev–Trinajstić information content (AvgIpc) is 3.06. The van der Waals surface area contributed by atoms with Gasteiger partial charge in [0.2, 0.25) is 11.8 Å². The van der Waals surface area contributed by atoms with Gasteiger partial charge in [-0.2, -0.15) is 0 Å². The quantitative estimate of drug-likeness (QED) is 0.700. The van der Waals surface area contributed by atoms with Crippen LogP contribution in [0.5, 0.6) is 0 Å². The van der Waals surface area contributed by atoms with Crippen LogP contribution in [0.15, 0.2) is 12.2 Å². The lowest BCUT2D eigenvalue weighted by Gasteiger charge is -2.34. The van der Waals surface area contributed by atoms with Crippen LogP contribution in [-0.4, -0.2) is 72.3 Å². The minimum Gasteiger partial charge on any atom is -0.342 e. The van der Waals surface area contributed by atoms with Gasteiger partial charge in [-0.15, -0.1) is 0 Å². The van der Waals surface area contributed by atoms with E-state index in [0.717, 1.165) is 64.0 Å². The first-order valence-corrected chi connectivity index (χ1v) is 8.94. The number of carbonyl (C=O) groups excluding carboxylic acids is 2. The predicted molar refractivity (Wildman–Crippen MR) is 92.0 cm³/mol. The Morgan fingerprint density at radius 1 is 1.13 bits per heavy atom. The molecule has 0 unspecified atom stereocenters. The van der Waals surface area contributed by atoms with E-state index < -0.39 is 0 Å². The van der Waals surface area contributed by atoms with E-state index in [2.05, 4.69) is 11.5 Å². The van der Waals surface area contributed by atoms with Crippen molar-refractivity contribution in [3.05, 3.63) is 12.2 Å². The summed E-state index contributed by atoms with van der Waals surface area (Å²) in [5.41, 5.74) is 1.01. The van der Waals surface area contributed by atoms with Gasteiger partial charge in [0, 0.05) is 32.1 Å². The lowest BCUT2D eigenvalue weighted by molar-refractivity contribution is -0.136. The largest absolute Gasteiger partial charge is 0.342 e. The van der Waals surface area contributed by atoms with E-state index in [1.54, 1.807) is 0 Å². The molecule has 2 saturated heterocycles. The molecule has 2 aliphatic heterocycles. The van der Waals surface area contributed by atoms with Crippen LogP contribution in [-0.2, 0) is 9.59 Å². The Morgan fingerprint density at radius 2 is 1.74 bits per heavy atom. The van der Waals surface area contributed by atoms with E-state index in [1.807, 2.05) is 23.6 Å². The molecular weight excluding hydrogens is 290 g/mol. The number of carbonyl (C=O) groups is 2. The van der Waals surface area contributed by atoms with Crippen LogP contribution in [0.2, 0.25) is 0 Å². The lowest BCUT2D eigenvalue weighted by atomic mass is 9.95. The number of likely N-dealkylation sites (tertiary alicyclic amines) is 2. The fourth-order valence-corrected chi connectivity index (χ4v) is 3.53. The Morgan fingerprint density at radius 3 is 2.26 bits per heavy atom.